The van der Waals surface area contributed by atoms with Crippen LogP contribution in [0.25, 0.3) is 11.5 Å². The molecule has 5 heteroatoms. The van der Waals surface area contributed by atoms with Crippen LogP contribution in [0.4, 0.5) is 0 Å². The third-order valence-electron chi connectivity index (χ3n) is 4.89. The zero-order valence-corrected chi connectivity index (χ0v) is 13.4. The first-order valence-corrected chi connectivity index (χ1v) is 8.57. The van der Waals surface area contributed by atoms with Crippen LogP contribution in [0.1, 0.15) is 24.8 Å². The van der Waals surface area contributed by atoms with E-state index >= 15 is 0 Å². The summed E-state index contributed by atoms with van der Waals surface area (Å²) in [5, 5.41) is 0. The third-order valence-corrected chi connectivity index (χ3v) is 4.89. The molecule has 0 aliphatic carbocycles. The molecular formula is C18H23N5. The molecule has 2 aromatic heterocycles. The van der Waals surface area contributed by atoms with Gasteiger partial charge >= 0.3 is 0 Å². The molecular weight excluding hydrogens is 286 g/mol. The fourth-order valence-corrected chi connectivity index (χ4v) is 3.75. The lowest BCUT2D eigenvalue weighted by Gasteiger charge is -2.25. The Kier molecular flexibility index (Phi) is 4.30. The molecule has 0 aromatic carbocycles. The molecule has 5 nitrogen and oxygen atoms in total. The molecule has 2 aromatic rings. The fourth-order valence-electron chi connectivity index (χ4n) is 3.75. The van der Waals surface area contributed by atoms with Crippen LogP contribution in [0.2, 0.25) is 0 Å². The zero-order valence-electron chi connectivity index (χ0n) is 13.4. The van der Waals surface area contributed by atoms with Gasteiger partial charge in [-0.3, -0.25) is 14.8 Å². The summed E-state index contributed by atoms with van der Waals surface area (Å²) in [6.07, 6.45) is 9.66. The van der Waals surface area contributed by atoms with E-state index in [1.807, 2.05) is 30.6 Å². The van der Waals surface area contributed by atoms with Gasteiger partial charge in [0, 0.05) is 43.3 Å². The number of nitrogens with zero attached hydrogens (tertiary/aromatic N) is 5. The van der Waals surface area contributed by atoms with E-state index in [-0.39, 0.29) is 0 Å². The highest BCUT2D eigenvalue weighted by Crippen LogP contribution is 2.22. The Morgan fingerprint density at radius 2 is 1.87 bits per heavy atom. The Morgan fingerprint density at radius 3 is 2.70 bits per heavy atom. The number of pyridine rings is 1. The smallest absolute Gasteiger partial charge is 0.178 e. The van der Waals surface area contributed by atoms with Gasteiger partial charge in [0.2, 0.25) is 0 Å². The Labute approximate surface area is 137 Å². The molecule has 0 radical (unpaired) electrons. The van der Waals surface area contributed by atoms with Gasteiger partial charge in [-0.05, 0) is 51.0 Å². The summed E-state index contributed by atoms with van der Waals surface area (Å²) in [6, 6.07) is 6.57. The summed E-state index contributed by atoms with van der Waals surface area (Å²) in [5.41, 5.74) is 2.02. The average Bonchev–Trinajstić information content (AvgIpc) is 2.95. The molecule has 0 saturated carbocycles. The van der Waals surface area contributed by atoms with E-state index in [1.54, 1.807) is 6.20 Å². The van der Waals surface area contributed by atoms with E-state index in [0.717, 1.165) is 18.3 Å². The molecule has 0 spiro atoms. The predicted octanol–water partition coefficient (Wildman–Crippen LogP) is 2.21. The first-order chi connectivity index (χ1) is 11.4. The van der Waals surface area contributed by atoms with Crippen LogP contribution in [0.15, 0.2) is 36.8 Å². The summed E-state index contributed by atoms with van der Waals surface area (Å²) in [7, 11) is 0. The maximum atomic E-state index is 4.49. The number of fused-ring (bicyclic) bond motifs is 1. The van der Waals surface area contributed by atoms with Gasteiger partial charge in [-0.25, -0.2) is 9.97 Å². The minimum absolute atomic E-state index is 0.701. The van der Waals surface area contributed by atoms with Crippen LogP contribution in [-0.4, -0.2) is 57.0 Å². The quantitative estimate of drug-likeness (QED) is 0.870. The highest BCUT2D eigenvalue weighted by molar-refractivity contribution is 5.47. The lowest BCUT2D eigenvalue weighted by molar-refractivity contribution is 0.215. The van der Waals surface area contributed by atoms with Crippen molar-refractivity contribution in [2.24, 2.45) is 0 Å². The molecule has 4 rings (SSSR count). The van der Waals surface area contributed by atoms with Crippen LogP contribution in [0, 0.1) is 0 Å². The maximum Gasteiger partial charge on any atom is 0.178 e. The van der Waals surface area contributed by atoms with Crippen LogP contribution < -0.4 is 0 Å². The Bertz CT molecular complexity index is 628. The molecule has 120 valence electrons. The highest BCUT2D eigenvalue weighted by Gasteiger charge is 2.28. The second kappa shape index (κ2) is 6.72. The Hall–Kier alpha value is -1.85. The third kappa shape index (κ3) is 3.41. The maximum absolute atomic E-state index is 4.49. The first kappa shape index (κ1) is 14.7. The minimum atomic E-state index is 0.701. The van der Waals surface area contributed by atoms with Crippen molar-refractivity contribution in [2.45, 2.75) is 31.8 Å². The van der Waals surface area contributed by atoms with Crippen molar-refractivity contribution in [3.05, 3.63) is 42.4 Å². The molecule has 0 amide bonds. The lowest BCUT2D eigenvalue weighted by Crippen LogP contribution is -2.36. The van der Waals surface area contributed by atoms with Gasteiger partial charge in [0.15, 0.2) is 5.82 Å². The highest BCUT2D eigenvalue weighted by atomic mass is 15.3. The summed E-state index contributed by atoms with van der Waals surface area (Å²) in [4.78, 5) is 18.5. The van der Waals surface area contributed by atoms with Crippen molar-refractivity contribution in [3.8, 4) is 11.5 Å². The van der Waals surface area contributed by atoms with Crippen LogP contribution in [0.3, 0.4) is 0 Å². The summed E-state index contributed by atoms with van der Waals surface area (Å²) >= 11 is 0. The van der Waals surface area contributed by atoms with Crippen molar-refractivity contribution in [1.29, 1.82) is 0 Å². The molecule has 23 heavy (non-hydrogen) atoms. The molecule has 2 saturated heterocycles. The Morgan fingerprint density at radius 1 is 1.00 bits per heavy atom. The number of hydrogen-bond donors (Lipinski definition) is 0. The van der Waals surface area contributed by atoms with Gasteiger partial charge in [0.05, 0.1) is 0 Å². The van der Waals surface area contributed by atoms with Crippen LogP contribution in [-0.2, 0) is 6.54 Å². The Balaban J connectivity index is 1.42. The second-order valence-electron chi connectivity index (χ2n) is 6.55. The van der Waals surface area contributed by atoms with E-state index in [0.29, 0.717) is 5.82 Å². The largest absolute Gasteiger partial charge is 0.299 e. The van der Waals surface area contributed by atoms with Gasteiger partial charge in [-0.15, -0.1) is 0 Å². The van der Waals surface area contributed by atoms with E-state index < -0.39 is 0 Å². The van der Waals surface area contributed by atoms with Crippen molar-refractivity contribution in [2.75, 3.05) is 26.2 Å². The number of hydrogen-bond acceptors (Lipinski definition) is 5. The molecule has 0 unspecified atom stereocenters. The van der Waals surface area contributed by atoms with E-state index in [2.05, 4.69) is 24.8 Å². The average molecular weight is 309 g/mol. The molecule has 1 atom stereocenters. The topological polar surface area (TPSA) is 45.2 Å². The number of aromatic nitrogens is 3. The zero-order chi connectivity index (χ0) is 15.5. The fraction of sp³-hybridized carbons (Fsp3) is 0.500. The van der Waals surface area contributed by atoms with Crippen molar-refractivity contribution in [3.63, 3.8) is 0 Å². The molecule has 2 fully saturated rings. The summed E-state index contributed by atoms with van der Waals surface area (Å²) in [5.74, 6) is 0.701. The monoisotopic (exact) mass is 309 g/mol. The number of rotatable bonds is 3. The lowest BCUT2D eigenvalue weighted by atomic mass is 10.2. The van der Waals surface area contributed by atoms with Gasteiger partial charge in [0.25, 0.3) is 0 Å². The first-order valence-electron chi connectivity index (χ1n) is 8.57. The molecule has 0 N–H and O–H groups in total. The van der Waals surface area contributed by atoms with Crippen LogP contribution in [0.5, 0.6) is 0 Å². The molecule has 4 heterocycles. The van der Waals surface area contributed by atoms with Gasteiger partial charge in [-0.1, -0.05) is 6.07 Å². The second-order valence-corrected chi connectivity index (χ2v) is 6.55. The normalized spacial score (nSPS) is 22.7. The standard InChI is InChI=1S/C18H23N5/c1-2-7-19-17(6-1)18-20-11-15(12-21-18)13-22-8-4-10-23-9-3-5-16(23)14-22/h1-2,6-7,11-12,16H,3-5,8-10,13-14H2/t16-/m0/s1. The molecule has 0 bridgehead atoms. The van der Waals surface area contributed by atoms with Crippen molar-refractivity contribution >= 4 is 0 Å². The van der Waals surface area contributed by atoms with E-state index in [4.69, 9.17) is 0 Å². The SMILES string of the molecule is c1ccc(-c2ncc(CN3CCCN4CCC[C@H]4C3)cn2)nc1. The summed E-state index contributed by atoms with van der Waals surface area (Å²) < 4.78 is 0. The minimum Gasteiger partial charge on any atom is -0.299 e. The van der Waals surface area contributed by atoms with Gasteiger partial charge in [-0.2, -0.15) is 0 Å². The predicted molar refractivity (Wildman–Crippen MR) is 89.8 cm³/mol. The van der Waals surface area contributed by atoms with Crippen molar-refractivity contribution < 1.29 is 0 Å². The molecule has 2 aliphatic rings. The van der Waals surface area contributed by atoms with Crippen LogP contribution >= 0.6 is 0 Å². The van der Waals surface area contributed by atoms with Gasteiger partial charge < -0.3 is 0 Å². The van der Waals surface area contributed by atoms with Gasteiger partial charge in [0.1, 0.15) is 5.69 Å². The summed E-state index contributed by atoms with van der Waals surface area (Å²) in [6.45, 7) is 5.86. The van der Waals surface area contributed by atoms with E-state index in [9.17, 15) is 0 Å². The van der Waals surface area contributed by atoms with E-state index in [1.165, 1.54) is 51.0 Å². The van der Waals surface area contributed by atoms with Crippen molar-refractivity contribution in [1.82, 2.24) is 24.8 Å². The molecule has 2 aliphatic heterocycles.